The molecule has 0 amide bonds. The molecule has 12 heavy (non-hydrogen) atoms. The number of esters is 1. The molecule has 0 aromatic carbocycles. The van der Waals surface area contributed by atoms with Gasteiger partial charge in [0.2, 0.25) is 0 Å². The van der Waals surface area contributed by atoms with E-state index in [1.807, 2.05) is 0 Å². The molecule has 2 fully saturated rings. The first-order chi connectivity index (χ1) is 5.68. The van der Waals surface area contributed by atoms with Crippen LogP contribution in [0, 0.1) is 11.8 Å². The number of hydrogen-bond acceptors (Lipinski definition) is 2. The fourth-order valence-electron chi connectivity index (χ4n) is 2.18. The minimum Gasteiger partial charge on any atom is -0.461 e. The fourth-order valence-corrected chi connectivity index (χ4v) is 3.27. The van der Waals surface area contributed by atoms with Crippen molar-refractivity contribution in [3.63, 3.8) is 0 Å². The smallest absolute Gasteiger partial charge is 0.306 e. The van der Waals surface area contributed by atoms with Gasteiger partial charge in [0.15, 0.2) is 0 Å². The van der Waals surface area contributed by atoms with E-state index >= 15 is 0 Å². The van der Waals surface area contributed by atoms with Crippen molar-refractivity contribution in [1.29, 1.82) is 0 Å². The largest absolute Gasteiger partial charge is 0.461 e. The van der Waals surface area contributed by atoms with E-state index in [4.69, 9.17) is 4.74 Å². The summed E-state index contributed by atoms with van der Waals surface area (Å²) in [5.41, 5.74) is 0. The maximum absolute atomic E-state index is 11.0. The Labute approximate surface area is 86.2 Å². The standard InChI is InChI=1S/C9H13IO2/c1-5-2-3-6-4-7(11)12-9(6)8(5)10/h5-6,8-9H,2-4H2,1H3/t5-,6-,8+,9+/m0/s1. The van der Waals surface area contributed by atoms with Crippen LogP contribution in [0.4, 0.5) is 0 Å². The van der Waals surface area contributed by atoms with Crippen molar-refractivity contribution in [3.8, 4) is 0 Å². The Bertz CT molecular complexity index is 205. The van der Waals surface area contributed by atoms with Crippen molar-refractivity contribution in [2.75, 3.05) is 0 Å². The Hall–Kier alpha value is 0.200. The highest BCUT2D eigenvalue weighted by molar-refractivity contribution is 14.1. The van der Waals surface area contributed by atoms with Crippen LogP contribution in [0.25, 0.3) is 0 Å². The number of fused-ring (bicyclic) bond motifs is 1. The van der Waals surface area contributed by atoms with Crippen LogP contribution in [0.3, 0.4) is 0 Å². The van der Waals surface area contributed by atoms with Crippen LogP contribution < -0.4 is 0 Å². The van der Waals surface area contributed by atoms with Crippen molar-refractivity contribution in [2.45, 2.75) is 36.2 Å². The van der Waals surface area contributed by atoms with Gasteiger partial charge in [-0.05, 0) is 18.8 Å². The predicted molar refractivity (Wildman–Crippen MR) is 54.2 cm³/mol. The Morgan fingerprint density at radius 3 is 3.00 bits per heavy atom. The van der Waals surface area contributed by atoms with Crippen LogP contribution in [0.5, 0.6) is 0 Å². The molecular formula is C9H13IO2. The van der Waals surface area contributed by atoms with E-state index in [-0.39, 0.29) is 12.1 Å². The summed E-state index contributed by atoms with van der Waals surface area (Å²) in [7, 11) is 0. The number of alkyl halides is 1. The van der Waals surface area contributed by atoms with E-state index in [2.05, 4.69) is 29.5 Å². The van der Waals surface area contributed by atoms with Crippen molar-refractivity contribution in [3.05, 3.63) is 0 Å². The first-order valence-electron chi connectivity index (χ1n) is 4.52. The van der Waals surface area contributed by atoms with Gasteiger partial charge in [-0.3, -0.25) is 4.79 Å². The van der Waals surface area contributed by atoms with Gasteiger partial charge < -0.3 is 4.74 Å². The third-order valence-electron chi connectivity index (χ3n) is 3.01. The molecule has 0 radical (unpaired) electrons. The summed E-state index contributed by atoms with van der Waals surface area (Å²) >= 11 is 2.43. The maximum Gasteiger partial charge on any atom is 0.306 e. The Kier molecular flexibility index (Phi) is 2.31. The lowest BCUT2D eigenvalue weighted by atomic mass is 9.80. The first kappa shape index (κ1) is 8.78. The van der Waals surface area contributed by atoms with E-state index in [0.29, 0.717) is 22.2 Å². The summed E-state index contributed by atoms with van der Waals surface area (Å²) in [5.74, 6) is 1.24. The van der Waals surface area contributed by atoms with E-state index in [9.17, 15) is 4.79 Å². The summed E-state index contributed by atoms with van der Waals surface area (Å²) in [6.45, 7) is 2.25. The minimum absolute atomic E-state index is 0.0146. The molecule has 0 unspecified atom stereocenters. The normalized spacial score (nSPS) is 47.0. The highest BCUT2D eigenvalue weighted by Crippen LogP contribution is 2.41. The molecule has 4 atom stereocenters. The third-order valence-corrected chi connectivity index (χ3v) is 4.95. The zero-order valence-electron chi connectivity index (χ0n) is 7.13. The Morgan fingerprint density at radius 1 is 1.50 bits per heavy atom. The van der Waals surface area contributed by atoms with Gasteiger partial charge in [0.05, 0.1) is 10.3 Å². The van der Waals surface area contributed by atoms with Crippen LogP contribution in [0.1, 0.15) is 26.2 Å². The van der Waals surface area contributed by atoms with Crippen molar-refractivity contribution in [2.24, 2.45) is 11.8 Å². The molecule has 1 aliphatic carbocycles. The maximum atomic E-state index is 11.0. The summed E-state index contributed by atoms with van der Waals surface area (Å²) in [4.78, 5) is 11.0. The average molecular weight is 280 g/mol. The molecule has 1 aliphatic heterocycles. The quantitative estimate of drug-likeness (QED) is 0.386. The number of rotatable bonds is 0. The van der Waals surface area contributed by atoms with Gasteiger partial charge in [-0.1, -0.05) is 29.5 Å². The van der Waals surface area contributed by atoms with Gasteiger partial charge >= 0.3 is 5.97 Å². The summed E-state index contributed by atoms with van der Waals surface area (Å²) in [6, 6.07) is 0. The van der Waals surface area contributed by atoms with Gasteiger partial charge in [-0.25, -0.2) is 0 Å². The zero-order chi connectivity index (χ0) is 8.72. The van der Waals surface area contributed by atoms with Crippen LogP contribution in [0.2, 0.25) is 0 Å². The lowest BCUT2D eigenvalue weighted by molar-refractivity contribution is -0.141. The molecule has 2 nitrogen and oxygen atoms in total. The Balaban J connectivity index is 2.11. The predicted octanol–water partition coefficient (Wildman–Crippen LogP) is 2.15. The van der Waals surface area contributed by atoms with E-state index in [0.717, 1.165) is 0 Å². The number of carbonyl (C=O) groups excluding carboxylic acids is 1. The molecule has 0 aromatic rings. The number of carbonyl (C=O) groups is 1. The lowest BCUT2D eigenvalue weighted by Crippen LogP contribution is -2.36. The fraction of sp³-hybridized carbons (Fsp3) is 0.889. The number of halogens is 1. The van der Waals surface area contributed by atoms with Gasteiger partial charge in [0, 0.05) is 5.92 Å². The van der Waals surface area contributed by atoms with E-state index in [1.54, 1.807) is 0 Å². The molecule has 0 aromatic heterocycles. The molecule has 2 rings (SSSR count). The summed E-state index contributed by atoms with van der Waals surface area (Å²) < 4.78 is 5.84. The molecule has 1 heterocycles. The van der Waals surface area contributed by atoms with Crippen molar-refractivity contribution < 1.29 is 9.53 Å². The lowest BCUT2D eigenvalue weighted by Gasteiger charge is -2.32. The molecule has 0 N–H and O–H groups in total. The van der Waals surface area contributed by atoms with Crippen LogP contribution in [0.15, 0.2) is 0 Å². The van der Waals surface area contributed by atoms with Gasteiger partial charge in [-0.15, -0.1) is 0 Å². The second kappa shape index (κ2) is 3.16. The van der Waals surface area contributed by atoms with Crippen molar-refractivity contribution >= 4 is 28.6 Å². The average Bonchev–Trinajstić information content (AvgIpc) is 2.39. The number of ether oxygens (including phenoxy) is 1. The van der Waals surface area contributed by atoms with Crippen LogP contribution >= 0.6 is 22.6 Å². The van der Waals surface area contributed by atoms with Crippen LogP contribution in [-0.2, 0) is 9.53 Å². The van der Waals surface area contributed by atoms with Crippen LogP contribution in [-0.4, -0.2) is 16.0 Å². The zero-order valence-corrected chi connectivity index (χ0v) is 9.28. The second-order valence-electron chi connectivity index (χ2n) is 3.92. The molecule has 0 bridgehead atoms. The topological polar surface area (TPSA) is 26.3 Å². The molecule has 3 heteroatoms. The summed E-state index contributed by atoms with van der Waals surface area (Å²) in [6.07, 6.45) is 3.32. The summed E-state index contributed by atoms with van der Waals surface area (Å²) in [5, 5.41) is 0. The van der Waals surface area contributed by atoms with E-state index in [1.165, 1.54) is 12.8 Å². The third kappa shape index (κ3) is 1.36. The molecular weight excluding hydrogens is 267 g/mol. The highest BCUT2D eigenvalue weighted by Gasteiger charge is 2.43. The van der Waals surface area contributed by atoms with E-state index < -0.39 is 0 Å². The van der Waals surface area contributed by atoms with Gasteiger partial charge in [0.1, 0.15) is 6.10 Å². The molecule has 0 spiro atoms. The van der Waals surface area contributed by atoms with Gasteiger partial charge in [-0.2, -0.15) is 0 Å². The monoisotopic (exact) mass is 280 g/mol. The Morgan fingerprint density at radius 2 is 2.25 bits per heavy atom. The molecule has 2 aliphatic rings. The number of hydrogen-bond donors (Lipinski definition) is 0. The van der Waals surface area contributed by atoms with Gasteiger partial charge in [0.25, 0.3) is 0 Å². The molecule has 68 valence electrons. The highest BCUT2D eigenvalue weighted by atomic mass is 127. The SMILES string of the molecule is C[C@H]1CC[C@H]2CC(=O)O[C@H]2[C@@H]1I. The second-order valence-corrected chi connectivity index (χ2v) is 5.36. The molecule has 1 saturated carbocycles. The first-order valence-corrected chi connectivity index (χ1v) is 5.76. The minimum atomic E-state index is 0.0146. The molecule has 1 saturated heterocycles. The van der Waals surface area contributed by atoms with Crippen molar-refractivity contribution in [1.82, 2.24) is 0 Å².